The van der Waals surface area contributed by atoms with Gasteiger partial charge in [-0.05, 0) is 43.7 Å². The molecule has 12 nitrogen and oxygen atoms in total. The highest BCUT2D eigenvalue weighted by atomic mass is 31.2. The van der Waals surface area contributed by atoms with E-state index >= 15 is 8.78 Å². The quantitative estimate of drug-likeness (QED) is 0.163. The lowest BCUT2D eigenvalue weighted by Gasteiger charge is -2.34. The number of halogens is 4. The second-order valence-corrected chi connectivity index (χ2v) is 11.7. The summed E-state index contributed by atoms with van der Waals surface area (Å²) in [5.74, 6) is -5.89. The average Bonchev–Trinajstić information content (AvgIpc) is 3.12. The number of esters is 1. The summed E-state index contributed by atoms with van der Waals surface area (Å²) in [7, 11) is -4.99. The number of nitrogens with zero attached hydrogens (tertiary/aromatic N) is 1. The predicted molar refractivity (Wildman–Crippen MR) is 143 cm³/mol. The first-order chi connectivity index (χ1) is 20.1. The number of carbonyl (C=O) groups is 1. The molecule has 1 aliphatic heterocycles. The number of fused-ring (bicyclic) bond motifs is 1. The number of hydrogen-bond acceptors (Lipinski definition) is 9. The van der Waals surface area contributed by atoms with Crippen LogP contribution in [0, 0.1) is 0 Å². The average molecular weight is 633 g/mol. The molecule has 1 fully saturated rings. The molecular weight excluding hydrogens is 605 g/mol. The fraction of sp³-hybridized carbons (Fsp3) is 0.423. The van der Waals surface area contributed by atoms with Crippen molar-refractivity contribution in [2.24, 2.45) is 0 Å². The molecule has 5 atom stereocenters. The van der Waals surface area contributed by atoms with Gasteiger partial charge in [-0.25, -0.2) is 18.1 Å². The van der Waals surface area contributed by atoms with Crippen LogP contribution in [0.5, 0.6) is 5.75 Å². The van der Waals surface area contributed by atoms with E-state index < -0.39 is 74.0 Å². The Morgan fingerprint density at radius 1 is 1.14 bits per heavy atom. The van der Waals surface area contributed by atoms with Gasteiger partial charge in [0.25, 0.3) is 12.0 Å². The van der Waals surface area contributed by atoms with E-state index in [-0.39, 0.29) is 10.3 Å². The number of rotatable bonds is 11. The second-order valence-electron chi connectivity index (χ2n) is 9.99. The summed E-state index contributed by atoms with van der Waals surface area (Å²) < 4.78 is 94.5. The second kappa shape index (κ2) is 12.2. The first-order valence-electron chi connectivity index (χ1n) is 12.8. The zero-order valence-corrected chi connectivity index (χ0v) is 23.8. The standard InChI is InChI=1S/C26H28F4N3O9P/c1-14(2)40-22(36)15(3)32-43(38,42-18-9-8-16-6-4-5-7-17(16)12-18)39-13-25(23(27)28)26(29,30)20(35)21(41-25)33-11-10-19(34)31-24(33)37/h4-12,14-15,20-21,23,35H,13H2,1-3H3,(H,32,38)(H,31,34,37). The van der Waals surface area contributed by atoms with Gasteiger partial charge in [-0.1, -0.05) is 30.3 Å². The van der Waals surface area contributed by atoms with Crippen molar-refractivity contribution in [1.82, 2.24) is 14.6 Å². The minimum atomic E-state index is -4.99. The molecule has 43 heavy (non-hydrogen) atoms. The maximum Gasteiger partial charge on any atom is 0.459 e. The third-order valence-corrected chi connectivity index (χ3v) is 8.09. The number of hydrogen-bond donors (Lipinski definition) is 3. The fourth-order valence-corrected chi connectivity index (χ4v) is 5.79. The van der Waals surface area contributed by atoms with Gasteiger partial charge in [0.15, 0.2) is 12.3 Å². The number of H-pyrrole nitrogens is 1. The summed E-state index contributed by atoms with van der Waals surface area (Å²) in [5, 5.41) is 13.9. The number of carbonyl (C=O) groups excluding carboxylic acids is 1. The van der Waals surface area contributed by atoms with E-state index in [1.54, 1.807) is 35.3 Å². The Kier molecular flexibility index (Phi) is 9.19. The third-order valence-electron chi connectivity index (χ3n) is 6.47. The monoisotopic (exact) mass is 633 g/mol. The third kappa shape index (κ3) is 6.53. The molecule has 17 heteroatoms. The van der Waals surface area contributed by atoms with Crippen LogP contribution < -0.4 is 20.9 Å². The SMILES string of the molecule is CC(C)OC(=O)C(C)NP(=O)(OCC1(C(F)F)OC(n2ccc(=O)[nH]c2=O)C(O)C1(F)F)Oc1ccc2ccccc2c1. The van der Waals surface area contributed by atoms with Crippen LogP contribution >= 0.6 is 7.75 Å². The van der Waals surface area contributed by atoms with Gasteiger partial charge >= 0.3 is 25.3 Å². The fourth-order valence-electron chi connectivity index (χ4n) is 4.27. The number of aliphatic hydroxyl groups is 1. The Morgan fingerprint density at radius 2 is 1.81 bits per heavy atom. The van der Waals surface area contributed by atoms with Crippen LogP contribution in [0.25, 0.3) is 10.8 Å². The van der Waals surface area contributed by atoms with Crippen molar-refractivity contribution in [2.45, 2.75) is 63.2 Å². The summed E-state index contributed by atoms with van der Waals surface area (Å²) in [4.78, 5) is 37.7. The lowest BCUT2D eigenvalue weighted by molar-refractivity contribution is -0.242. The summed E-state index contributed by atoms with van der Waals surface area (Å²) in [6, 6.07) is 10.5. The van der Waals surface area contributed by atoms with Crippen LogP contribution in [-0.4, -0.2) is 63.4 Å². The van der Waals surface area contributed by atoms with Gasteiger partial charge < -0.3 is 19.1 Å². The van der Waals surface area contributed by atoms with Gasteiger partial charge in [-0.2, -0.15) is 13.9 Å². The molecule has 3 N–H and O–H groups in total. The molecular formula is C26H28F4N3O9P. The van der Waals surface area contributed by atoms with Gasteiger partial charge in [-0.15, -0.1) is 0 Å². The van der Waals surface area contributed by atoms with E-state index in [1.165, 1.54) is 32.9 Å². The highest BCUT2D eigenvalue weighted by molar-refractivity contribution is 7.52. The first-order valence-corrected chi connectivity index (χ1v) is 14.4. The molecule has 1 aliphatic rings. The molecule has 0 radical (unpaired) electrons. The molecule has 234 valence electrons. The van der Waals surface area contributed by atoms with Crippen molar-refractivity contribution >= 4 is 24.5 Å². The van der Waals surface area contributed by atoms with Crippen LogP contribution in [0.2, 0.25) is 0 Å². The number of alkyl halides is 4. The molecule has 0 spiro atoms. The number of benzene rings is 2. The van der Waals surface area contributed by atoms with E-state index in [0.29, 0.717) is 11.6 Å². The summed E-state index contributed by atoms with van der Waals surface area (Å²) >= 11 is 0. The van der Waals surface area contributed by atoms with Crippen LogP contribution in [-0.2, 0) is 23.4 Å². The topological polar surface area (TPSA) is 158 Å². The Hall–Kier alpha value is -3.56. The van der Waals surface area contributed by atoms with Crippen molar-refractivity contribution in [3.63, 3.8) is 0 Å². The molecule has 2 heterocycles. The zero-order valence-electron chi connectivity index (χ0n) is 22.9. The van der Waals surface area contributed by atoms with Crippen molar-refractivity contribution in [3.05, 3.63) is 75.6 Å². The molecule has 5 unspecified atom stereocenters. The highest BCUT2D eigenvalue weighted by Gasteiger charge is 2.74. The molecule has 4 rings (SSSR count). The molecule has 0 bridgehead atoms. The smallest absolute Gasteiger partial charge is 0.459 e. The van der Waals surface area contributed by atoms with Crippen LogP contribution in [0.15, 0.2) is 64.3 Å². The van der Waals surface area contributed by atoms with Crippen LogP contribution in [0.4, 0.5) is 17.6 Å². The van der Waals surface area contributed by atoms with Gasteiger partial charge in [0, 0.05) is 12.3 Å². The molecule has 1 saturated heterocycles. The van der Waals surface area contributed by atoms with Crippen molar-refractivity contribution in [3.8, 4) is 5.75 Å². The van der Waals surface area contributed by atoms with Gasteiger partial charge in [0.1, 0.15) is 11.8 Å². The Bertz CT molecular complexity index is 1650. The number of aromatic amines is 1. The Morgan fingerprint density at radius 3 is 2.44 bits per heavy atom. The number of aliphatic hydroxyl groups excluding tert-OH is 1. The molecule has 1 aromatic heterocycles. The number of nitrogens with one attached hydrogen (secondary N) is 2. The van der Waals surface area contributed by atoms with Crippen molar-refractivity contribution in [2.75, 3.05) is 6.61 Å². The maximum atomic E-state index is 15.4. The zero-order chi connectivity index (χ0) is 31.7. The molecule has 0 aliphatic carbocycles. The molecule has 3 aromatic rings. The van der Waals surface area contributed by atoms with E-state index in [2.05, 4.69) is 5.09 Å². The molecule has 0 saturated carbocycles. The van der Waals surface area contributed by atoms with Crippen molar-refractivity contribution in [1.29, 1.82) is 0 Å². The lowest BCUT2D eigenvalue weighted by atomic mass is 9.95. The number of aromatic nitrogens is 2. The van der Waals surface area contributed by atoms with E-state index in [4.69, 9.17) is 18.5 Å². The number of ether oxygens (including phenoxy) is 2. The first kappa shape index (κ1) is 32.4. The molecule has 2 aromatic carbocycles. The summed E-state index contributed by atoms with van der Waals surface area (Å²) in [5.41, 5.74) is -6.23. The van der Waals surface area contributed by atoms with E-state index in [9.17, 15) is 32.8 Å². The minimum absolute atomic E-state index is 0.137. The Labute approximate surface area is 241 Å². The summed E-state index contributed by atoms with van der Waals surface area (Å²) in [6.45, 7) is 2.41. The lowest BCUT2D eigenvalue weighted by Crippen LogP contribution is -2.57. The van der Waals surface area contributed by atoms with Gasteiger partial charge in [0.05, 0.1) is 12.7 Å². The van der Waals surface area contributed by atoms with E-state index in [1.807, 2.05) is 0 Å². The predicted octanol–water partition coefficient (Wildman–Crippen LogP) is 3.35. The largest absolute Gasteiger partial charge is 0.462 e. The Balaban J connectivity index is 1.69. The van der Waals surface area contributed by atoms with Crippen LogP contribution in [0.1, 0.15) is 27.0 Å². The van der Waals surface area contributed by atoms with Gasteiger partial charge in [-0.3, -0.25) is 23.7 Å². The summed E-state index contributed by atoms with van der Waals surface area (Å²) in [6.07, 6.45) is -9.46. The molecule has 0 amide bonds. The highest BCUT2D eigenvalue weighted by Crippen LogP contribution is 2.54. The maximum absolute atomic E-state index is 15.4. The van der Waals surface area contributed by atoms with Crippen LogP contribution in [0.3, 0.4) is 0 Å². The van der Waals surface area contributed by atoms with Gasteiger partial charge in [0.2, 0.25) is 5.60 Å². The van der Waals surface area contributed by atoms with Crippen molar-refractivity contribution < 1.29 is 50.5 Å². The van der Waals surface area contributed by atoms with E-state index in [0.717, 1.165) is 11.5 Å². The normalized spacial score (nSPS) is 23.8. The minimum Gasteiger partial charge on any atom is -0.462 e.